The smallest absolute Gasteiger partial charge is 0.213 e. The largest absolute Gasteiger partial charge is 0.331 e. The van der Waals surface area contributed by atoms with E-state index < -0.39 is 16.3 Å². The number of carbonyl (C=O) groups is 1. The molecule has 1 aliphatic heterocycles. The summed E-state index contributed by atoms with van der Waals surface area (Å²) in [7, 11) is 1.95. The Morgan fingerprint density at radius 2 is 1.80 bits per heavy atom. The van der Waals surface area contributed by atoms with Crippen molar-refractivity contribution in [1.82, 2.24) is 9.80 Å². The second-order valence-electron chi connectivity index (χ2n) is 5.84. The summed E-state index contributed by atoms with van der Waals surface area (Å²) in [4.78, 5) is 15.7. The zero-order valence-electron chi connectivity index (χ0n) is 13.1. The van der Waals surface area contributed by atoms with Crippen LogP contribution >= 0.6 is 23.2 Å². The van der Waals surface area contributed by atoms with Crippen molar-refractivity contribution in [2.24, 2.45) is 0 Å². The number of carbonyl (C=O) groups excluding carboxylic acids is 1. The highest BCUT2D eigenvalue weighted by molar-refractivity contribution is 6.54. The standard InChI is InChI=1S/C14H26Cl2N2O2/c1-6-8-18(9-7-2)14(11(19)12(15)16)10-17(5)13(3,4)20-14/h12H,6-10H2,1-5H3. The van der Waals surface area contributed by atoms with E-state index in [4.69, 9.17) is 27.9 Å². The molecule has 6 heteroatoms. The fourth-order valence-corrected chi connectivity index (χ4v) is 3.01. The molecule has 1 atom stereocenters. The zero-order valence-corrected chi connectivity index (χ0v) is 14.6. The Kier molecular flexibility index (Phi) is 6.30. The van der Waals surface area contributed by atoms with Crippen molar-refractivity contribution in [2.75, 3.05) is 26.7 Å². The Labute approximate surface area is 132 Å². The van der Waals surface area contributed by atoms with Gasteiger partial charge in [0.1, 0.15) is 5.72 Å². The maximum Gasteiger partial charge on any atom is 0.213 e. The fourth-order valence-electron chi connectivity index (χ4n) is 2.67. The van der Waals surface area contributed by atoms with Crippen molar-refractivity contribution in [1.29, 1.82) is 0 Å². The van der Waals surface area contributed by atoms with Gasteiger partial charge in [-0.3, -0.25) is 14.6 Å². The van der Waals surface area contributed by atoms with E-state index in [9.17, 15) is 4.79 Å². The number of Topliss-reactive ketones (excluding diaryl/α,β-unsaturated/α-hetero) is 1. The molecular formula is C14H26Cl2N2O2. The van der Waals surface area contributed by atoms with Crippen LogP contribution in [0.25, 0.3) is 0 Å². The van der Waals surface area contributed by atoms with Gasteiger partial charge < -0.3 is 4.74 Å². The second kappa shape index (κ2) is 6.93. The molecule has 0 bridgehead atoms. The average Bonchev–Trinajstić information content (AvgIpc) is 2.60. The average molecular weight is 325 g/mol. The molecule has 1 saturated heterocycles. The van der Waals surface area contributed by atoms with E-state index in [0.717, 1.165) is 25.9 Å². The third-order valence-corrected chi connectivity index (χ3v) is 4.27. The van der Waals surface area contributed by atoms with Crippen LogP contribution in [-0.2, 0) is 9.53 Å². The Morgan fingerprint density at radius 3 is 2.10 bits per heavy atom. The topological polar surface area (TPSA) is 32.8 Å². The predicted molar refractivity (Wildman–Crippen MR) is 83.2 cm³/mol. The normalized spacial score (nSPS) is 26.6. The van der Waals surface area contributed by atoms with Gasteiger partial charge in [0.15, 0.2) is 10.6 Å². The van der Waals surface area contributed by atoms with Crippen molar-refractivity contribution in [2.45, 2.75) is 56.8 Å². The molecule has 0 aromatic rings. The van der Waals surface area contributed by atoms with E-state index in [1.165, 1.54) is 0 Å². The molecule has 0 N–H and O–H groups in total. The first-order chi connectivity index (χ1) is 9.21. The SMILES string of the molecule is CCCN(CCC)C1(C(=O)C(Cl)Cl)CN(C)C(C)(C)O1. The van der Waals surface area contributed by atoms with Crippen LogP contribution < -0.4 is 0 Å². The number of alkyl halides is 2. The molecule has 0 saturated carbocycles. The lowest BCUT2D eigenvalue weighted by atomic mass is 10.1. The molecule has 1 rings (SSSR count). The van der Waals surface area contributed by atoms with E-state index >= 15 is 0 Å². The summed E-state index contributed by atoms with van der Waals surface area (Å²) in [5, 5.41) is 0. The van der Waals surface area contributed by atoms with Crippen LogP contribution in [0.3, 0.4) is 0 Å². The molecule has 0 aliphatic carbocycles. The van der Waals surface area contributed by atoms with Crippen LogP contribution in [-0.4, -0.2) is 58.6 Å². The highest BCUT2D eigenvalue weighted by Gasteiger charge is 2.57. The molecule has 1 fully saturated rings. The number of halogens is 2. The van der Waals surface area contributed by atoms with Gasteiger partial charge in [-0.15, -0.1) is 0 Å². The van der Waals surface area contributed by atoms with Gasteiger partial charge in [-0.05, 0) is 33.7 Å². The number of hydrogen-bond acceptors (Lipinski definition) is 4. The van der Waals surface area contributed by atoms with Crippen LogP contribution in [0.5, 0.6) is 0 Å². The van der Waals surface area contributed by atoms with Crippen molar-refractivity contribution in [3.05, 3.63) is 0 Å². The summed E-state index contributed by atoms with van der Waals surface area (Å²) in [6, 6.07) is 0. The number of rotatable bonds is 7. The number of likely N-dealkylation sites (N-methyl/N-ethyl adjacent to an activating group) is 1. The molecule has 0 aromatic carbocycles. The zero-order chi connectivity index (χ0) is 15.6. The van der Waals surface area contributed by atoms with Gasteiger partial charge in [0.25, 0.3) is 0 Å². The number of ketones is 1. The maximum absolute atomic E-state index is 12.6. The summed E-state index contributed by atoms with van der Waals surface area (Å²) in [6.45, 7) is 10.1. The highest BCUT2D eigenvalue weighted by atomic mass is 35.5. The minimum absolute atomic E-state index is 0.264. The molecular weight excluding hydrogens is 299 g/mol. The van der Waals surface area contributed by atoms with Crippen LogP contribution in [0.1, 0.15) is 40.5 Å². The summed E-state index contributed by atoms with van der Waals surface area (Å²) in [5.41, 5.74) is -1.56. The summed E-state index contributed by atoms with van der Waals surface area (Å²) in [6.07, 6.45) is 1.88. The van der Waals surface area contributed by atoms with Gasteiger partial charge in [0, 0.05) is 13.1 Å². The van der Waals surface area contributed by atoms with Crippen molar-refractivity contribution in [3.8, 4) is 0 Å². The van der Waals surface area contributed by atoms with Crippen molar-refractivity contribution < 1.29 is 9.53 Å². The van der Waals surface area contributed by atoms with Crippen molar-refractivity contribution in [3.63, 3.8) is 0 Å². The van der Waals surface area contributed by atoms with Crippen LogP contribution in [0.4, 0.5) is 0 Å². The lowest BCUT2D eigenvalue weighted by Crippen LogP contribution is -2.59. The van der Waals surface area contributed by atoms with Crippen LogP contribution in [0.2, 0.25) is 0 Å². The fraction of sp³-hybridized carbons (Fsp3) is 0.929. The summed E-state index contributed by atoms with van der Waals surface area (Å²) >= 11 is 11.7. The summed E-state index contributed by atoms with van der Waals surface area (Å²) < 4.78 is 6.17. The molecule has 0 amide bonds. The number of hydrogen-bond donors (Lipinski definition) is 0. The highest BCUT2D eigenvalue weighted by Crippen LogP contribution is 2.38. The molecule has 0 radical (unpaired) electrons. The van der Waals surface area contributed by atoms with Gasteiger partial charge in [-0.2, -0.15) is 0 Å². The maximum atomic E-state index is 12.6. The lowest BCUT2D eigenvalue weighted by Gasteiger charge is -2.39. The van der Waals surface area contributed by atoms with E-state index in [2.05, 4.69) is 18.7 Å². The third-order valence-electron chi connectivity index (χ3n) is 3.87. The minimum Gasteiger partial charge on any atom is -0.331 e. The molecule has 20 heavy (non-hydrogen) atoms. The minimum atomic E-state index is -1.08. The Bertz CT molecular complexity index is 344. The van der Waals surface area contributed by atoms with Crippen molar-refractivity contribution >= 4 is 29.0 Å². The quantitative estimate of drug-likeness (QED) is 0.674. The lowest BCUT2D eigenvalue weighted by molar-refractivity contribution is -0.189. The Balaban J connectivity index is 3.17. The van der Waals surface area contributed by atoms with E-state index in [1.807, 2.05) is 25.8 Å². The molecule has 1 unspecified atom stereocenters. The number of ether oxygens (including phenoxy) is 1. The van der Waals surface area contributed by atoms with Gasteiger partial charge in [0.2, 0.25) is 5.78 Å². The second-order valence-corrected chi connectivity index (χ2v) is 6.94. The molecule has 1 heterocycles. The summed E-state index contributed by atoms with van der Waals surface area (Å²) in [5.74, 6) is -0.264. The molecule has 1 aliphatic rings. The molecule has 0 spiro atoms. The van der Waals surface area contributed by atoms with Gasteiger partial charge in [0.05, 0.1) is 6.54 Å². The number of nitrogens with zero attached hydrogens (tertiary/aromatic N) is 2. The Hall–Kier alpha value is 0.130. The van der Waals surface area contributed by atoms with Crippen LogP contribution in [0.15, 0.2) is 0 Å². The monoisotopic (exact) mass is 324 g/mol. The van der Waals surface area contributed by atoms with Gasteiger partial charge in [-0.25, -0.2) is 0 Å². The predicted octanol–water partition coefficient (Wildman–Crippen LogP) is 2.88. The van der Waals surface area contributed by atoms with Gasteiger partial charge in [-0.1, -0.05) is 37.0 Å². The molecule has 118 valence electrons. The molecule has 0 aromatic heterocycles. The Morgan fingerprint density at radius 1 is 1.30 bits per heavy atom. The van der Waals surface area contributed by atoms with Gasteiger partial charge >= 0.3 is 0 Å². The van der Waals surface area contributed by atoms with E-state index in [1.54, 1.807) is 0 Å². The third kappa shape index (κ3) is 3.47. The first-order valence-electron chi connectivity index (χ1n) is 7.20. The first kappa shape index (κ1) is 18.2. The van der Waals surface area contributed by atoms with E-state index in [-0.39, 0.29) is 5.78 Å². The molecule has 4 nitrogen and oxygen atoms in total. The first-order valence-corrected chi connectivity index (χ1v) is 8.07. The van der Waals surface area contributed by atoms with E-state index in [0.29, 0.717) is 6.54 Å². The van der Waals surface area contributed by atoms with Crippen LogP contribution in [0, 0.1) is 0 Å².